The van der Waals surface area contributed by atoms with Crippen LogP contribution in [0.3, 0.4) is 0 Å². The van der Waals surface area contributed by atoms with Crippen LogP contribution in [-0.2, 0) is 9.47 Å². The van der Waals surface area contributed by atoms with Crippen LogP contribution in [0.15, 0.2) is 36.4 Å². The van der Waals surface area contributed by atoms with Crippen LogP contribution < -0.4 is 10.6 Å². The molecule has 2 rings (SSSR count). The lowest BCUT2D eigenvalue weighted by atomic mass is 10.2. The Bertz CT molecular complexity index is 719. The molecule has 0 bridgehead atoms. The first-order valence-electron chi connectivity index (χ1n) is 7.70. The van der Waals surface area contributed by atoms with Crippen molar-refractivity contribution in [2.75, 3.05) is 38.0 Å². The maximum atomic E-state index is 12.2. The number of carbonyl (C=O) groups is 2. The quantitative estimate of drug-likeness (QED) is 0.557. The van der Waals surface area contributed by atoms with Gasteiger partial charge in [-0.3, -0.25) is 4.79 Å². The molecule has 0 saturated carbocycles. The molecular weight excluding hydrogens is 324 g/mol. The predicted molar refractivity (Wildman–Crippen MR) is 92.7 cm³/mol. The van der Waals surface area contributed by atoms with Gasteiger partial charge in [0.25, 0.3) is 5.91 Å². The highest BCUT2D eigenvalue weighted by molar-refractivity contribution is 6.03. The molecule has 8 nitrogen and oxygen atoms in total. The van der Waals surface area contributed by atoms with Crippen LogP contribution in [0.4, 0.5) is 11.5 Å². The minimum absolute atomic E-state index is 0.172. The summed E-state index contributed by atoms with van der Waals surface area (Å²) in [6, 6.07) is 9.71. The van der Waals surface area contributed by atoms with Crippen LogP contribution in [0.25, 0.3) is 0 Å². The first-order chi connectivity index (χ1) is 12.1. The van der Waals surface area contributed by atoms with Gasteiger partial charge in [-0.2, -0.15) is 0 Å². The summed E-state index contributed by atoms with van der Waals surface area (Å²) in [5.41, 5.74) is 0.990. The smallest absolute Gasteiger partial charge is 0.337 e. The maximum absolute atomic E-state index is 12.2. The van der Waals surface area contributed by atoms with Gasteiger partial charge in [0, 0.05) is 25.9 Å². The second kappa shape index (κ2) is 9.33. The number of nitrogens with zero attached hydrogens (tertiary/aromatic N) is 2. The lowest BCUT2D eigenvalue weighted by molar-refractivity contribution is 0.0600. The summed E-state index contributed by atoms with van der Waals surface area (Å²) in [7, 11) is 2.95. The van der Waals surface area contributed by atoms with E-state index in [1.807, 2.05) is 0 Å². The Hall–Kier alpha value is -3.00. The summed E-state index contributed by atoms with van der Waals surface area (Å²) in [4.78, 5) is 23.7. The molecule has 0 aliphatic rings. The van der Waals surface area contributed by atoms with Gasteiger partial charge in [-0.1, -0.05) is 6.07 Å². The zero-order valence-corrected chi connectivity index (χ0v) is 14.1. The van der Waals surface area contributed by atoms with Gasteiger partial charge in [0.1, 0.15) is 5.82 Å². The van der Waals surface area contributed by atoms with Crippen molar-refractivity contribution in [3.63, 3.8) is 0 Å². The van der Waals surface area contributed by atoms with E-state index in [4.69, 9.17) is 4.74 Å². The Morgan fingerprint density at radius 2 is 1.96 bits per heavy atom. The van der Waals surface area contributed by atoms with Gasteiger partial charge in [-0.15, -0.1) is 10.2 Å². The monoisotopic (exact) mass is 344 g/mol. The van der Waals surface area contributed by atoms with Crippen molar-refractivity contribution < 1.29 is 19.1 Å². The Kier molecular flexibility index (Phi) is 6.85. The Morgan fingerprint density at radius 3 is 2.64 bits per heavy atom. The SMILES string of the molecule is COCCCNc1ccc(C(=O)Nc2cccc(C(=O)OC)c2)nn1. The number of aromatic nitrogens is 2. The van der Waals surface area contributed by atoms with Crippen molar-refractivity contribution in [3.8, 4) is 0 Å². The minimum atomic E-state index is -0.472. The number of anilines is 2. The summed E-state index contributed by atoms with van der Waals surface area (Å²) in [5, 5.41) is 13.6. The van der Waals surface area contributed by atoms with Crippen LogP contribution in [-0.4, -0.2) is 49.4 Å². The standard InChI is InChI=1S/C17H20N4O4/c1-24-10-4-9-18-15-8-7-14(20-21-15)16(22)19-13-6-3-5-12(11-13)17(23)25-2/h3,5-8,11H,4,9-10H2,1-2H3,(H,18,21)(H,19,22). The van der Waals surface area contributed by atoms with E-state index in [0.29, 0.717) is 30.2 Å². The average Bonchev–Trinajstić information content (AvgIpc) is 2.65. The van der Waals surface area contributed by atoms with Crippen LogP contribution in [0.5, 0.6) is 0 Å². The summed E-state index contributed by atoms with van der Waals surface area (Å²) < 4.78 is 9.61. The predicted octanol–water partition coefficient (Wildman–Crippen LogP) is 1.96. The lowest BCUT2D eigenvalue weighted by Gasteiger charge is -2.07. The highest BCUT2D eigenvalue weighted by Crippen LogP contribution is 2.13. The number of hydrogen-bond donors (Lipinski definition) is 2. The normalized spacial score (nSPS) is 10.2. The van der Waals surface area contributed by atoms with Crippen molar-refractivity contribution in [2.45, 2.75) is 6.42 Å². The second-order valence-corrected chi connectivity index (χ2v) is 5.10. The van der Waals surface area contributed by atoms with Crippen molar-refractivity contribution in [1.82, 2.24) is 10.2 Å². The highest BCUT2D eigenvalue weighted by atomic mass is 16.5. The topological polar surface area (TPSA) is 102 Å². The molecule has 8 heteroatoms. The molecule has 0 aliphatic carbocycles. The largest absolute Gasteiger partial charge is 0.465 e. The average molecular weight is 344 g/mol. The van der Waals surface area contributed by atoms with Gasteiger partial charge in [-0.25, -0.2) is 4.79 Å². The molecule has 1 aromatic heterocycles. The van der Waals surface area contributed by atoms with Crippen molar-refractivity contribution >= 4 is 23.4 Å². The molecule has 0 atom stereocenters. The van der Waals surface area contributed by atoms with E-state index in [1.165, 1.54) is 13.2 Å². The first kappa shape index (κ1) is 18.3. The molecule has 0 unspecified atom stereocenters. The lowest BCUT2D eigenvalue weighted by Crippen LogP contribution is -2.15. The number of esters is 1. The summed E-state index contributed by atoms with van der Waals surface area (Å²) in [6.07, 6.45) is 0.844. The van der Waals surface area contributed by atoms with E-state index >= 15 is 0 Å². The third-order valence-corrected chi connectivity index (χ3v) is 3.27. The highest BCUT2D eigenvalue weighted by Gasteiger charge is 2.11. The first-order valence-corrected chi connectivity index (χ1v) is 7.70. The fraction of sp³-hybridized carbons (Fsp3) is 0.294. The Labute approximate surface area is 145 Å². The van der Waals surface area contributed by atoms with E-state index in [0.717, 1.165) is 6.42 Å². The molecular formula is C17H20N4O4. The van der Waals surface area contributed by atoms with Crippen LogP contribution in [0.1, 0.15) is 27.3 Å². The van der Waals surface area contributed by atoms with Crippen LogP contribution >= 0.6 is 0 Å². The molecule has 0 radical (unpaired) electrons. The Balaban J connectivity index is 1.95. The van der Waals surface area contributed by atoms with Gasteiger partial charge in [0.15, 0.2) is 5.69 Å². The van der Waals surface area contributed by atoms with Crippen molar-refractivity contribution in [2.24, 2.45) is 0 Å². The fourth-order valence-electron chi connectivity index (χ4n) is 2.02. The molecule has 25 heavy (non-hydrogen) atoms. The zero-order valence-electron chi connectivity index (χ0n) is 14.1. The van der Waals surface area contributed by atoms with Gasteiger partial charge in [0.05, 0.1) is 12.7 Å². The molecule has 1 aromatic carbocycles. The maximum Gasteiger partial charge on any atom is 0.337 e. The Morgan fingerprint density at radius 1 is 1.12 bits per heavy atom. The third kappa shape index (κ3) is 5.54. The molecule has 2 N–H and O–H groups in total. The van der Waals surface area contributed by atoms with Gasteiger partial charge < -0.3 is 20.1 Å². The van der Waals surface area contributed by atoms with E-state index in [-0.39, 0.29) is 5.69 Å². The number of carbonyl (C=O) groups excluding carboxylic acids is 2. The number of amides is 1. The number of hydrogen-bond acceptors (Lipinski definition) is 7. The molecule has 2 aromatic rings. The summed E-state index contributed by atoms with van der Waals surface area (Å²) in [5.74, 6) is -0.305. The van der Waals surface area contributed by atoms with E-state index in [2.05, 4.69) is 25.6 Å². The summed E-state index contributed by atoms with van der Waals surface area (Å²) in [6.45, 7) is 1.36. The summed E-state index contributed by atoms with van der Waals surface area (Å²) >= 11 is 0. The van der Waals surface area contributed by atoms with Gasteiger partial charge >= 0.3 is 5.97 Å². The molecule has 0 spiro atoms. The zero-order chi connectivity index (χ0) is 18.1. The van der Waals surface area contributed by atoms with Crippen LogP contribution in [0.2, 0.25) is 0 Å². The van der Waals surface area contributed by atoms with Crippen molar-refractivity contribution in [3.05, 3.63) is 47.7 Å². The van der Waals surface area contributed by atoms with Gasteiger partial charge in [-0.05, 0) is 36.8 Å². The fourth-order valence-corrected chi connectivity index (χ4v) is 2.02. The number of methoxy groups -OCH3 is 2. The van der Waals surface area contributed by atoms with E-state index in [9.17, 15) is 9.59 Å². The second-order valence-electron chi connectivity index (χ2n) is 5.10. The number of benzene rings is 1. The molecule has 0 aliphatic heterocycles. The number of ether oxygens (including phenoxy) is 2. The third-order valence-electron chi connectivity index (χ3n) is 3.27. The molecule has 1 amide bonds. The molecule has 0 fully saturated rings. The van der Waals surface area contributed by atoms with E-state index in [1.54, 1.807) is 37.4 Å². The minimum Gasteiger partial charge on any atom is -0.465 e. The van der Waals surface area contributed by atoms with E-state index < -0.39 is 11.9 Å². The molecule has 1 heterocycles. The number of nitrogens with one attached hydrogen (secondary N) is 2. The van der Waals surface area contributed by atoms with Crippen molar-refractivity contribution in [1.29, 1.82) is 0 Å². The number of rotatable bonds is 8. The molecule has 132 valence electrons. The van der Waals surface area contributed by atoms with Gasteiger partial charge in [0.2, 0.25) is 0 Å². The van der Waals surface area contributed by atoms with Crippen LogP contribution in [0, 0.1) is 0 Å². The molecule has 0 saturated heterocycles.